The van der Waals surface area contributed by atoms with Crippen LogP contribution in [0, 0.1) is 11.8 Å². The molecule has 10 nitrogen and oxygen atoms in total. The van der Waals surface area contributed by atoms with E-state index >= 15 is 0 Å². The summed E-state index contributed by atoms with van der Waals surface area (Å²) in [5, 5.41) is 3.06. The van der Waals surface area contributed by atoms with E-state index in [4.69, 9.17) is 14.2 Å². The van der Waals surface area contributed by atoms with Gasteiger partial charge in [0.2, 0.25) is 17.7 Å². The van der Waals surface area contributed by atoms with Crippen molar-refractivity contribution in [2.45, 2.75) is 64.3 Å². The van der Waals surface area contributed by atoms with E-state index < -0.39 is 0 Å². The lowest BCUT2D eigenvalue weighted by molar-refractivity contribution is -0.140. The van der Waals surface area contributed by atoms with E-state index in [1.165, 1.54) is 0 Å². The van der Waals surface area contributed by atoms with E-state index in [1.807, 2.05) is 17.9 Å². The Balaban J connectivity index is 1.37. The number of aromatic nitrogens is 1. The maximum absolute atomic E-state index is 13.8. The number of likely N-dealkylation sites (tertiary alicyclic amines) is 1. The lowest BCUT2D eigenvalue weighted by atomic mass is 9.77. The van der Waals surface area contributed by atoms with E-state index in [-0.39, 0.29) is 35.6 Å². The molecule has 0 unspecified atom stereocenters. The number of methoxy groups -OCH3 is 2. The first-order valence-corrected chi connectivity index (χ1v) is 15.6. The van der Waals surface area contributed by atoms with Crippen molar-refractivity contribution in [1.82, 2.24) is 20.1 Å². The van der Waals surface area contributed by atoms with Crippen molar-refractivity contribution in [3.05, 3.63) is 47.2 Å². The fraction of sp³-hybridized carbons (Fsp3) is 0.576. The summed E-state index contributed by atoms with van der Waals surface area (Å²) in [5.74, 6) is 2.12. The smallest absolute Gasteiger partial charge is 0.259 e. The summed E-state index contributed by atoms with van der Waals surface area (Å²) in [6, 6.07) is 7.56. The first kappa shape index (κ1) is 30.6. The fourth-order valence-corrected chi connectivity index (χ4v) is 7.04. The minimum absolute atomic E-state index is 0.0254. The lowest BCUT2D eigenvalue weighted by Crippen LogP contribution is -2.60. The molecule has 43 heavy (non-hydrogen) atoms. The fourth-order valence-electron chi connectivity index (χ4n) is 7.04. The van der Waals surface area contributed by atoms with Crippen LogP contribution in [0.1, 0.15) is 66.9 Å². The number of hydrogen-bond acceptors (Lipinski definition) is 7. The van der Waals surface area contributed by atoms with Crippen LogP contribution in [0.3, 0.4) is 0 Å². The molecule has 0 spiro atoms. The van der Waals surface area contributed by atoms with Crippen molar-refractivity contribution < 1.29 is 28.6 Å². The van der Waals surface area contributed by atoms with Gasteiger partial charge < -0.3 is 29.3 Å². The number of carbonyl (C=O) groups is 3. The van der Waals surface area contributed by atoms with Crippen LogP contribution in [0.15, 0.2) is 30.5 Å². The van der Waals surface area contributed by atoms with Gasteiger partial charge in [-0.15, -0.1) is 0 Å². The second kappa shape index (κ2) is 14.1. The molecule has 3 atom stereocenters. The lowest BCUT2D eigenvalue weighted by Gasteiger charge is -2.51. The Morgan fingerprint density at radius 2 is 1.91 bits per heavy atom. The van der Waals surface area contributed by atoms with Crippen LogP contribution >= 0.6 is 0 Å². The highest BCUT2D eigenvalue weighted by Crippen LogP contribution is 2.38. The molecule has 2 aromatic rings. The number of rotatable bonds is 5. The predicted molar refractivity (Wildman–Crippen MR) is 161 cm³/mol. The standard InChI is InChI=1S/C33H44N4O6/c1-4-43-32-26(9-7-15-35-32)33(40)36-19-23-17-25(21-36)27-10-5-11-29(38)34-14-6-8-24-16-22(12-13-30(39)37(27)20-23)18-28(41-2)31(24)42-3/h7,9,15-16,18,23,25,27H,4-6,8,10-14,17,19-21H2,1-3H3,(H,34,38)/t23-,25-,27-/m0/s1. The molecule has 4 heterocycles. The van der Waals surface area contributed by atoms with E-state index in [1.54, 1.807) is 32.5 Å². The third kappa shape index (κ3) is 7.05. The Kier molecular flexibility index (Phi) is 10.0. The van der Waals surface area contributed by atoms with Crippen LogP contribution < -0.4 is 19.5 Å². The van der Waals surface area contributed by atoms with Gasteiger partial charge in [0, 0.05) is 51.3 Å². The number of amides is 3. The van der Waals surface area contributed by atoms with Gasteiger partial charge in [0.25, 0.3) is 5.91 Å². The van der Waals surface area contributed by atoms with Gasteiger partial charge in [-0.05, 0) is 86.6 Å². The molecule has 1 aromatic heterocycles. The minimum Gasteiger partial charge on any atom is -0.493 e. The van der Waals surface area contributed by atoms with Crippen molar-refractivity contribution in [3.8, 4) is 17.4 Å². The van der Waals surface area contributed by atoms with Crippen molar-refractivity contribution in [1.29, 1.82) is 0 Å². The normalized spacial score (nSPS) is 23.2. The molecule has 0 saturated carbocycles. The number of fused-ring (bicyclic) bond motifs is 6. The molecule has 4 bridgehead atoms. The Labute approximate surface area is 254 Å². The molecular weight excluding hydrogens is 548 g/mol. The zero-order chi connectivity index (χ0) is 30.3. The highest BCUT2D eigenvalue weighted by Gasteiger charge is 2.43. The van der Waals surface area contributed by atoms with Crippen LogP contribution in [0.2, 0.25) is 0 Å². The Morgan fingerprint density at radius 1 is 1.05 bits per heavy atom. The van der Waals surface area contributed by atoms with Gasteiger partial charge in [0.05, 0.1) is 20.8 Å². The first-order chi connectivity index (χ1) is 20.9. The van der Waals surface area contributed by atoms with E-state index in [0.717, 1.165) is 36.8 Å². The third-order valence-electron chi connectivity index (χ3n) is 8.95. The molecule has 3 amide bonds. The second-order valence-corrected chi connectivity index (χ2v) is 11.8. The van der Waals surface area contributed by atoms with Gasteiger partial charge >= 0.3 is 0 Å². The number of benzene rings is 1. The molecule has 5 rings (SSSR count). The van der Waals surface area contributed by atoms with Crippen molar-refractivity contribution >= 4 is 17.7 Å². The number of nitrogens with zero attached hydrogens (tertiary/aromatic N) is 3. The molecule has 2 fully saturated rings. The molecule has 1 aromatic carbocycles. The molecule has 2 saturated heterocycles. The maximum atomic E-state index is 13.8. The summed E-state index contributed by atoms with van der Waals surface area (Å²) in [6.45, 7) is 4.66. The molecule has 232 valence electrons. The molecular formula is C33H44N4O6. The quantitative estimate of drug-likeness (QED) is 0.565. The van der Waals surface area contributed by atoms with Gasteiger partial charge in [-0.25, -0.2) is 4.98 Å². The maximum Gasteiger partial charge on any atom is 0.259 e. The second-order valence-electron chi connectivity index (χ2n) is 11.8. The minimum atomic E-state index is -0.0807. The van der Waals surface area contributed by atoms with Crippen LogP contribution in [0.25, 0.3) is 0 Å². The van der Waals surface area contributed by atoms with Crippen LogP contribution in [-0.4, -0.2) is 85.6 Å². The van der Waals surface area contributed by atoms with Crippen molar-refractivity contribution in [2.75, 3.05) is 47.0 Å². The summed E-state index contributed by atoms with van der Waals surface area (Å²) in [4.78, 5) is 48.5. The first-order valence-electron chi connectivity index (χ1n) is 15.6. The molecule has 10 heteroatoms. The zero-order valence-corrected chi connectivity index (χ0v) is 25.6. The van der Waals surface area contributed by atoms with Crippen molar-refractivity contribution in [3.63, 3.8) is 0 Å². The van der Waals surface area contributed by atoms with Gasteiger partial charge in [0.1, 0.15) is 5.56 Å². The van der Waals surface area contributed by atoms with Crippen molar-refractivity contribution in [2.24, 2.45) is 11.8 Å². The monoisotopic (exact) mass is 592 g/mol. The summed E-state index contributed by atoms with van der Waals surface area (Å²) >= 11 is 0. The average Bonchev–Trinajstić information content (AvgIpc) is 3.02. The van der Waals surface area contributed by atoms with Gasteiger partial charge in [-0.2, -0.15) is 0 Å². The number of ether oxygens (including phenoxy) is 3. The summed E-state index contributed by atoms with van der Waals surface area (Å²) in [7, 11) is 3.26. The zero-order valence-electron chi connectivity index (χ0n) is 25.6. The number of nitrogens with one attached hydrogen (secondary N) is 1. The number of aryl methyl sites for hydroxylation is 2. The Bertz CT molecular complexity index is 1320. The van der Waals surface area contributed by atoms with Crippen LogP contribution in [-0.2, 0) is 22.4 Å². The predicted octanol–water partition coefficient (Wildman–Crippen LogP) is 3.65. The van der Waals surface area contributed by atoms with E-state index in [9.17, 15) is 14.4 Å². The molecule has 3 aliphatic rings. The Morgan fingerprint density at radius 3 is 2.70 bits per heavy atom. The van der Waals surface area contributed by atoms with Crippen LogP contribution in [0.5, 0.6) is 17.4 Å². The van der Waals surface area contributed by atoms with Gasteiger partial charge in [-0.1, -0.05) is 6.07 Å². The average molecular weight is 593 g/mol. The highest BCUT2D eigenvalue weighted by atomic mass is 16.5. The Hall–Kier alpha value is -3.82. The summed E-state index contributed by atoms with van der Waals surface area (Å²) in [5.41, 5.74) is 2.52. The molecule has 3 aliphatic heterocycles. The third-order valence-corrected chi connectivity index (χ3v) is 8.95. The van der Waals surface area contributed by atoms with Gasteiger partial charge in [0.15, 0.2) is 11.5 Å². The van der Waals surface area contributed by atoms with E-state index in [0.29, 0.717) is 81.4 Å². The number of pyridine rings is 1. The van der Waals surface area contributed by atoms with Crippen LogP contribution in [0.4, 0.5) is 0 Å². The number of carbonyl (C=O) groups excluding carboxylic acids is 3. The highest BCUT2D eigenvalue weighted by molar-refractivity contribution is 5.96. The number of piperidine rings is 2. The van der Waals surface area contributed by atoms with E-state index in [2.05, 4.69) is 21.3 Å². The molecule has 0 aliphatic carbocycles. The summed E-state index contributed by atoms with van der Waals surface area (Å²) in [6.07, 6.45) is 6.94. The topological polar surface area (TPSA) is 110 Å². The van der Waals surface area contributed by atoms with Gasteiger partial charge in [-0.3, -0.25) is 14.4 Å². The summed E-state index contributed by atoms with van der Waals surface area (Å²) < 4.78 is 16.9. The molecule has 0 radical (unpaired) electrons. The number of hydrogen-bond donors (Lipinski definition) is 1. The SMILES string of the molecule is CCOc1ncccc1C(=O)N1C[C@@H]2C[C@@H](C1)[C@@H]1CCCC(=O)NCCCc3cc(cc(OC)c3OC)CCC(=O)N1C2. The largest absolute Gasteiger partial charge is 0.493 e. The molecule has 1 N–H and O–H groups in total.